The SMILES string of the molecule is Cc1ncc([C@@]2(O)/C=C/C[C@H](C)[C@@H](C)S(=O)(=O)NC(=O)c3ccc4c(c3)N(C[C@@H]3CC[C@H]32)C[C@@]2(CCCc3cc(Cl)ccc32)CO4)n1C. The molecule has 2 aliphatic heterocycles. The number of aryl methyl sites for hydroxylation is 2. The lowest BCUT2D eigenvalue weighted by atomic mass is 9.63. The van der Waals surface area contributed by atoms with Crippen molar-refractivity contribution in [3.05, 3.63) is 88.0 Å². The fraction of sp³-hybridized carbons (Fsp3) is 0.514. The van der Waals surface area contributed by atoms with Crippen molar-refractivity contribution in [3.63, 3.8) is 0 Å². The molecule has 6 atom stereocenters. The maximum absolute atomic E-state index is 13.5. The number of aliphatic hydroxyl groups is 1. The minimum absolute atomic E-state index is 0.0968. The molecular weight excluding hydrogens is 648 g/mol. The number of allylic oxidation sites excluding steroid dienone is 1. The number of fused-ring (bicyclic) bond motifs is 4. The van der Waals surface area contributed by atoms with Crippen LogP contribution in [0.25, 0.3) is 0 Å². The number of nitrogens with zero attached hydrogens (tertiary/aromatic N) is 3. The number of ether oxygens (including phenoxy) is 1. The van der Waals surface area contributed by atoms with Crippen molar-refractivity contribution in [2.24, 2.45) is 24.8 Å². The molecule has 9 nitrogen and oxygen atoms in total. The highest BCUT2D eigenvalue weighted by atomic mass is 35.5. The predicted octanol–water partition coefficient (Wildman–Crippen LogP) is 5.81. The first-order valence-electron chi connectivity index (χ1n) is 17.1. The van der Waals surface area contributed by atoms with E-state index in [1.165, 1.54) is 11.1 Å². The van der Waals surface area contributed by atoms with E-state index in [1.807, 2.05) is 43.7 Å². The molecular formula is C37H45ClN4O5S. The topological polar surface area (TPSA) is 114 Å². The molecule has 0 radical (unpaired) electrons. The van der Waals surface area contributed by atoms with Crippen molar-refractivity contribution in [1.29, 1.82) is 0 Å². The van der Waals surface area contributed by atoms with E-state index in [0.29, 0.717) is 31.9 Å². The first-order chi connectivity index (χ1) is 22.8. The van der Waals surface area contributed by atoms with Gasteiger partial charge < -0.3 is 19.3 Å². The van der Waals surface area contributed by atoms with E-state index in [9.17, 15) is 18.3 Å². The van der Waals surface area contributed by atoms with Crippen LogP contribution < -0.4 is 14.4 Å². The predicted molar refractivity (Wildman–Crippen MR) is 187 cm³/mol. The molecule has 2 aromatic carbocycles. The maximum Gasteiger partial charge on any atom is 0.264 e. The molecule has 2 aliphatic carbocycles. The summed E-state index contributed by atoms with van der Waals surface area (Å²) in [6.45, 7) is 7.15. The highest BCUT2D eigenvalue weighted by molar-refractivity contribution is 7.90. The minimum Gasteiger partial charge on any atom is -0.490 e. The fourth-order valence-electron chi connectivity index (χ4n) is 8.42. The minimum atomic E-state index is -4.00. The van der Waals surface area contributed by atoms with Gasteiger partial charge in [0.05, 0.1) is 29.4 Å². The Hall–Kier alpha value is -3.34. The van der Waals surface area contributed by atoms with Crippen LogP contribution >= 0.6 is 11.6 Å². The van der Waals surface area contributed by atoms with E-state index in [0.717, 1.165) is 54.3 Å². The van der Waals surface area contributed by atoms with Crippen LogP contribution in [-0.4, -0.2) is 53.9 Å². The van der Waals surface area contributed by atoms with Crippen LogP contribution in [0, 0.1) is 24.7 Å². The summed E-state index contributed by atoms with van der Waals surface area (Å²) in [6.07, 6.45) is 10.6. The van der Waals surface area contributed by atoms with Crippen molar-refractivity contribution in [2.45, 2.75) is 75.6 Å². The third kappa shape index (κ3) is 5.63. The van der Waals surface area contributed by atoms with E-state index in [2.05, 4.69) is 26.7 Å². The standard InChI is InChI=1S/C37H45ClN4O5S/c1-23-7-5-16-37(44,34-19-39-25(3)41(34)4)31-12-9-28(31)20-42-21-36(15-6-8-26-17-29(38)11-13-30(26)36)22-47-33-14-10-27(18-32(33)42)35(43)40-48(45,46)24(23)2/h5,10-11,13-14,16-19,23-24,28,31,44H,6-9,12,15,20-22H2,1-4H3,(H,40,43)/b16-5+/t23-,24+,28-,31+,36-,37+/m0/s1. The van der Waals surface area contributed by atoms with E-state index < -0.39 is 26.8 Å². The summed E-state index contributed by atoms with van der Waals surface area (Å²) in [6, 6.07) is 11.4. The number of hydrogen-bond donors (Lipinski definition) is 2. The van der Waals surface area contributed by atoms with Gasteiger partial charge in [0.25, 0.3) is 5.91 Å². The number of aromatic nitrogens is 2. The molecule has 0 unspecified atom stereocenters. The number of nitrogens with one attached hydrogen (secondary N) is 1. The summed E-state index contributed by atoms with van der Waals surface area (Å²) in [7, 11) is -2.07. The average Bonchev–Trinajstić information content (AvgIpc) is 3.29. The molecule has 1 amide bonds. The molecule has 48 heavy (non-hydrogen) atoms. The molecule has 2 N–H and O–H groups in total. The van der Waals surface area contributed by atoms with Crippen LogP contribution in [0.5, 0.6) is 5.75 Å². The number of carbonyl (C=O) groups is 1. The Morgan fingerprint density at radius 1 is 1.15 bits per heavy atom. The largest absolute Gasteiger partial charge is 0.490 e. The van der Waals surface area contributed by atoms with Crippen molar-refractivity contribution in [2.75, 3.05) is 24.6 Å². The van der Waals surface area contributed by atoms with Gasteiger partial charge in [-0.1, -0.05) is 36.7 Å². The molecule has 7 rings (SSSR count). The molecule has 1 saturated carbocycles. The Morgan fingerprint density at radius 3 is 2.69 bits per heavy atom. The Labute approximate surface area is 288 Å². The third-order valence-electron chi connectivity index (χ3n) is 11.8. The number of sulfonamides is 1. The van der Waals surface area contributed by atoms with Crippen LogP contribution in [0.1, 0.15) is 79.0 Å². The summed E-state index contributed by atoms with van der Waals surface area (Å²) >= 11 is 6.45. The normalized spacial score (nSPS) is 32.2. The molecule has 1 fully saturated rings. The van der Waals surface area contributed by atoms with Crippen molar-refractivity contribution in [3.8, 4) is 5.75 Å². The highest BCUT2D eigenvalue weighted by Crippen LogP contribution is 2.51. The van der Waals surface area contributed by atoms with Gasteiger partial charge >= 0.3 is 0 Å². The lowest BCUT2D eigenvalue weighted by molar-refractivity contribution is -0.0547. The lowest BCUT2D eigenvalue weighted by Crippen LogP contribution is -2.52. The number of rotatable bonds is 1. The van der Waals surface area contributed by atoms with E-state index in [-0.39, 0.29) is 28.7 Å². The van der Waals surface area contributed by atoms with Gasteiger partial charge in [-0.05, 0) is 106 Å². The van der Waals surface area contributed by atoms with Crippen LogP contribution in [0.3, 0.4) is 0 Å². The molecule has 3 heterocycles. The number of hydrogen-bond acceptors (Lipinski definition) is 7. The fourth-order valence-corrected chi connectivity index (χ4v) is 9.90. The van der Waals surface area contributed by atoms with Crippen LogP contribution in [-0.2, 0) is 34.5 Å². The zero-order chi connectivity index (χ0) is 34.0. The number of benzene rings is 2. The average molecular weight is 693 g/mol. The molecule has 256 valence electrons. The lowest BCUT2D eigenvalue weighted by Gasteiger charge is -2.49. The zero-order valence-electron chi connectivity index (χ0n) is 28.1. The summed E-state index contributed by atoms with van der Waals surface area (Å²) in [5.41, 5.74) is 2.60. The molecule has 2 bridgehead atoms. The summed E-state index contributed by atoms with van der Waals surface area (Å²) < 4.78 is 37.8. The van der Waals surface area contributed by atoms with E-state index in [4.69, 9.17) is 16.3 Å². The summed E-state index contributed by atoms with van der Waals surface area (Å²) in [4.78, 5) is 20.4. The summed E-state index contributed by atoms with van der Waals surface area (Å²) in [5, 5.41) is 12.5. The Balaban J connectivity index is 1.36. The molecule has 1 aromatic heterocycles. The molecule has 4 aliphatic rings. The van der Waals surface area contributed by atoms with E-state index in [1.54, 1.807) is 31.3 Å². The molecule has 11 heteroatoms. The van der Waals surface area contributed by atoms with Crippen molar-refractivity contribution < 1.29 is 23.1 Å². The van der Waals surface area contributed by atoms with Gasteiger partial charge in [0.15, 0.2) is 0 Å². The Bertz CT molecular complexity index is 1890. The van der Waals surface area contributed by atoms with E-state index >= 15 is 0 Å². The van der Waals surface area contributed by atoms with Gasteiger partial charge in [0.1, 0.15) is 17.2 Å². The Morgan fingerprint density at radius 2 is 1.96 bits per heavy atom. The van der Waals surface area contributed by atoms with Gasteiger partial charge in [-0.2, -0.15) is 0 Å². The molecule has 1 spiro atoms. The smallest absolute Gasteiger partial charge is 0.264 e. The second-order valence-corrected chi connectivity index (χ2v) is 17.1. The summed E-state index contributed by atoms with van der Waals surface area (Å²) in [5.74, 6) is 0.535. The molecule has 0 saturated heterocycles. The van der Waals surface area contributed by atoms with Gasteiger partial charge in [-0.15, -0.1) is 0 Å². The maximum atomic E-state index is 13.5. The third-order valence-corrected chi connectivity index (χ3v) is 13.9. The number of carbonyl (C=O) groups excluding carboxylic acids is 1. The second kappa shape index (κ2) is 12.2. The zero-order valence-corrected chi connectivity index (χ0v) is 29.7. The van der Waals surface area contributed by atoms with Gasteiger partial charge in [-0.25, -0.2) is 18.1 Å². The van der Waals surface area contributed by atoms with Crippen molar-refractivity contribution in [1.82, 2.24) is 14.3 Å². The van der Waals surface area contributed by atoms with Crippen molar-refractivity contribution >= 4 is 33.2 Å². The number of halogens is 1. The number of imidazole rings is 1. The highest BCUT2D eigenvalue weighted by Gasteiger charge is 2.50. The Kier molecular flexibility index (Phi) is 8.44. The number of anilines is 1. The first kappa shape index (κ1) is 33.2. The monoisotopic (exact) mass is 692 g/mol. The second-order valence-electron chi connectivity index (χ2n) is 14.6. The van der Waals surface area contributed by atoms with Gasteiger partial charge in [0, 0.05) is 42.1 Å². The molecule has 3 aromatic rings. The quantitative estimate of drug-likeness (QED) is 0.310. The van der Waals surface area contributed by atoms with Crippen LogP contribution in [0.15, 0.2) is 54.7 Å². The van der Waals surface area contributed by atoms with Crippen LogP contribution in [0.2, 0.25) is 5.02 Å². The van der Waals surface area contributed by atoms with Crippen LogP contribution in [0.4, 0.5) is 5.69 Å². The van der Waals surface area contributed by atoms with Gasteiger partial charge in [0.2, 0.25) is 10.0 Å². The number of amides is 1. The van der Waals surface area contributed by atoms with Gasteiger partial charge in [-0.3, -0.25) is 4.79 Å². The first-order valence-corrected chi connectivity index (χ1v) is 19.0.